The summed E-state index contributed by atoms with van der Waals surface area (Å²) >= 11 is 17.4. The number of carbonyl (C=O) groups excluding carboxylic acids is 1. The molecule has 0 unspecified atom stereocenters. The monoisotopic (exact) mass is 429 g/mol. The largest absolute Gasteiger partial charge is 0.342 e. The Labute approximate surface area is 178 Å². The van der Waals surface area contributed by atoms with E-state index in [9.17, 15) is 4.79 Å². The Bertz CT molecular complexity index is 1140. The molecule has 0 saturated carbocycles. The van der Waals surface area contributed by atoms with Crippen molar-refractivity contribution < 1.29 is 4.79 Å². The molecule has 2 aromatic carbocycles. The van der Waals surface area contributed by atoms with Crippen LogP contribution in [-0.4, -0.2) is 27.0 Å². The van der Waals surface area contributed by atoms with Crippen molar-refractivity contribution in [2.45, 2.75) is 13.5 Å². The zero-order valence-corrected chi connectivity index (χ0v) is 17.4. The molecule has 1 aromatic heterocycles. The van der Waals surface area contributed by atoms with Crippen molar-refractivity contribution in [3.05, 3.63) is 75.5 Å². The third-order valence-electron chi connectivity index (χ3n) is 4.73. The standard InChI is InChI=1S/C21H17Cl2N3OS/c1-2-26-20(27)18(24-21(26)28)10-14-12-25(19-6-4-3-5-15(14)19)11-13-7-8-16(22)17(23)9-13/h3-10,12H,2,11H2,1H3,(H,24,28)/b18-10+. The van der Waals surface area contributed by atoms with Crippen LogP contribution >= 0.6 is 35.4 Å². The van der Waals surface area contributed by atoms with Gasteiger partial charge in [-0.2, -0.15) is 0 Å². The molecule has 142 valence electrons. The van der Waals surface area contributed by atoms with Crippen molar-refractivity contribution in [2.24, 2.45) is 0 Å². The maximum absolute atomic E-state index is 12.5. The number of halogens is 2. The van der Waals surface area contributed by atoms with Crippen LogP contribution in [0.3, 0.4) is 0 Å². The molecular formula is C21H17Cl2N3OS. The second-order valence-corrected chi connectivity index (χ2v) is 7.72. The summed E-state index contributed by atoms with van der Waals surface area (Å²) in [5.41, 5.74) is 3.56. The summed E-state index contributed by atoms with van der Waals surface area (Å²) in [4.78, 5) is 14.1. The molecule has 0 spiro atoms. The van der Waals surface area contributed by atoms with Gasteiger partial charge in [-0.1, -0.05) is 47.5 Å². The molecule has 1 fully saturated rings. The fourth-order valence-corrected chi connectivity index (χ4v) is 4.01. The lowest BCUT2D eigenvalue weighted by molar-refractivity contribution is -0.122. The van der Waals surface area contributed by atoms with Gasteiger partial charge in [0, 0.05) is 35.8 Å². The summed E-state index contributed by atoms with van der Waals surface area (Å²) in [7, 11) is 0. The van der Waals surface area contributed by atoms with Gasteiger partial charge in [-0.05, 0) is 49.0 Å². The number of hydrogen-bond donors (Lipinski definition) is 1. The molecule has 1 amide bonds. The lowest BCUT2D eigenvalue weighted by Gasteiger charge is -2.08. The summed E-state index contributed by atoms with van der Waals surface area (Å²) in [5.74, 6) is -0.103. The Morgan fingerprint density at radius 3 is 2.64 bits per heavy atom. The SMILES string of the molecule is CCN1C(=O)/C(=C\c2cn(Cc3ccc(Cl)c(Cl)c3)c3ccccc23)NC1=S. The van der Waals surface area contributed by atoms with E-state index in [1.54, 1.807) is 11.0 Å². The van der Waals surface area contributed by atoms with E-state index in [1.165, 1.54) is 0 Å². The number of nitrogens with zero attached hydrogens (tertiary/aromatic N) is 2. The zero-order chi connectivity index (χ0) is 19.8. The molecule has 1 N–H and O–H groups in total. The Balaban J connectivity index is 1.75. The lowest BCUT2D eigenvalue weighted by Crippen LogP contribution is -2.30. The van der Waals surface area contributed by atoms with E-state index < -0.39 is 0 Å². The van der Waals surface area contributed by atoms with Crippen molar-refractivity contribution in [3.8, 4) is 0 Å². The number of fused-ring (bicyclic) bond motifs is 1. The van der Waals surface area contributed by atoms with E-state index >= 15 is 0 Å². The molecule has 0 aliphatic carbocycles. The second-order valence-electron chi connectivity index (χ2n) is 6.52. The van der Waals surface area contributed by atoms with Crippen LogP contribution < -0.4 is 5.32 Å². The van der Waals surface area contributed by atoms with Gasteiger partial charge >= 0.3 is 0 Å². The summed E-state index contributed by atoms with van der Waals surface area (Å²) < 4.78 is 2.14. The third-order valence-corrected chi connectivity index (χ3v) is 5.80. The summed E-state index contributed by atoms with van der Waals surface area (Å²) in [6.45, 7) is 3.08. The summed E-state index contributed by atoms with van der Waals surface area (Å²) in [5, 5.41) is 5.59. The van der Waals surface area contributed by atoms with Gasteiger partial charge < -0.3 is 9.88 Å². The maximum atomic E-state index is 12.5. The lowest BCUT2D eigenvalue weighted by atomic mass is 10.1. The molecule has 7 heteroatoms. The second kappa shape index (κ2) is 7.59. The highest BCUT2D eigenvalue weighted by Gasteiger charge is 2.29. The minimum absolute atomic E-state index is 0.103. The molecule has 1 aliphatic heterocycles. The van der Waals surface area contributed by atoms with Gasteiger partial charge in [-0.3, -0.25) is 9.69 Å². The molecule has 4 nitrogen and oxygen atoms in total. The molecule has 1 aliphatic rings. The van der Waals surface area contributed by atoms with Crippen molar-refractivity contribution in [3.63, 3.8) is 0 Å². The number of nitrogens with one attached hydrogen (secondary N) is 1. The molecule has 2 heterocycles. The van der Waals surface area contributed by atoms with Crippen LogP contribution in [0.5, 0.6) is 0 Å². The fraction of sp³-hybridized carbons (Fsp3) is 0.143. The molecule has 4 rings (SSSR count). The quantitative estimate of drug-likeness (QED) is 0.464. The van der Waals surface area contributed by atoms with E-state index in [-0.39, 0.29) is 5.91 Å². The Kier molecular flexibility index (Phi) is 5.15. The first kappa shape index (κ1) is 19.0. The Hall–Kier alpha value is -2.34. The highest BCUT2D eigenvalue weighted by Crippen LogP contribution is 2.27. The normalized spacial score (nSPS) is 15.7. The van der Waals surface area contributed by atoms with Crippen LogP contribution in [0.15, 0.2) is 54.4 Å². The zero-order valence-electron chi connectivity index (χ0n) is 15.1. The van der Waals surface area contributed by atoms with E-state index in [0.717, 1.165) is 22.0 Å². The van der Waals surface area contributed by atoms with Crippen molar-refractivity contribution >= 4 is 63.4 Å². The van der Waals surface area contributed by atoms with Gasteiger partial charge in [-0.15, -0.1) is 0 Å². The molecule has 3 aromatic rings. The van der Waals surface area contributed by atoms with E-state index in [4.69, 9.17) is 35.4 Å². The summed E-state index contributed by atoms with van der Waals surface area (Å²) in [6.07, 6.45) is 3.89. The highest BCUT2D eigenvalue weighted by molar-refractivity contribution is 7.80. The van der Waals surface area contributed by atoms with Gasteiger partial charge in [0.1, 0.15) is 5.70 Å². The van der Waals surface area contributed by atoms with Gasteiger partial charge in [-0.25, -0.2) is 0 Å². The number of thiocarbonyl (C=S) groups is 1. The van der Waals surface area contributed by atoms with Gasteiger partial charge in [0.15, 0.2) is 5.11 Å². The highest BCUT2D eigenvalue weighted by atomic mass is 35.5. The van der Waals surface area contributed by atoms with E-state index in [0.29, 0.717) is 33.9 Å². The number of hydrogen-bond acceptors (Lipinski definition) is 2. The Morgan fingerprint density at radius 2 is 1.93 bits per heavy atom. The van der Waals surface area contributed by atoms with Crippen LogP contribution in [0.1, 0.15) is 18.1 Å². The van der Waals surface area contributed by atoms with Crippen molar-refractivity contribution in [1.82, 2.24) is 14.8 Å². The van der Waals surface area contributed by atoms with Gasteiger partial charge in [0.25, 0.3) is 5.91 Å². The molecule has 1 saturated heterocycles. The van der Waals surface area contributed by atoms with Crippen LogP contribution in [0.2, 0.25) is 10.0 Å². The molecule has 0 bridgehead atoms. The van der Waals surface area contributed by atoms with E-state index in [1.807, 2.05) is 49.5 Å². The average molecular weight is 430 g/mol. The number of para-hydroxylation sites is 1. The third kappa shape index (κ3) is 3.41. The van der Waals surface area contributed by atoms with Crippen LogP contribution in [0, 0.1) is 0 Å². The van der Waals surface area contributed by atoms with Crippen LogP contribution in [0.25, 0.3) is 17.0 Å². The summed E-state index contributed by atoms with van der Waals surface area (Å²) in [6, 6.07) is 13.7. The first-order chi connectivity index (χ1) is 13.5. The number of carbonyl (C=O) groups is 1. The maximum Gasteiger partial charge on any atom is 0.276 e. The number of benzene rings is 2. The van der Waals surface area contributed by atoms with Crippen molar-refractivity contribution in [2.75, 3.05) is 6.54 Å². The van der Waals surface area contributed by atoms with Crippen molar-refractivity contribution in [1.29, 1.82) is 0 Å². The number of aromatic nitrogens is 1. The number of amides is 1. The fourth-order valence-electron chi connectivity index (χ4n) is 3.37. The first-order valence-corrected chi connectivity index (χ1v) is 10.0. The molecule has 0 radical (unpaired) electrons. The van der Waals surface area contributed by atoms with Crippen LogP contribution in [-0.2, 0) is 11.3 Å². The minimum Gasteiger partial charge on any atom is -0.342 e. The molecular weight excluding hydrogens is 413 g/mol. The Morgan fingerprint density at radius 1 is 1.14 bits per heavy atom. The minimum atomic E-state index is -0.103. The van der Waals surface area contributed by atoms with Crippen LogP contribution in [0.4, 0.5) is 0 Å². The first-order valence-electron chi connectivity index (χ1n) is 8.84. The van der Waals surface area contributed by atoms with Gasteiger partial charge in [0.2, 0.25) is 0 Å². The predicted molar refractivity (Wildman–Crippen MR) is 119 cm³/mol. The predicted octanol–water partition coefficient (Wildman–Crippen LogP) is 5.07. The molecule has 28 heavy (non-hydrogen) atoms. The topological polar surface area (TPSA) is 37.3 Å². The average Bonchev–Trinajstić information content (AvgIpc) is 3.15. The number of rotatable bonds is 4. The molecule has 0 atom stereocenters. The smallest absolute Gasteiger partial charge is 0.276 e. The number of likely N-dealkylation sites (N-methyl/N-ethyl adjacent to an activating group) is 1. The van der Waals surface area contributed by atoms with Gasteiger partial charge in [0.05, 0.1) is 10.0 Å². The van der Waals surface area contributed by atoms with E-state index in [2.05, 4.69) is 16.0 Å².